The molecule has 2 nitrogen and oxygen atoms in total. The molecule has 1 aliphatic heterocycles. The molecule has 0 bridgehead atoms. The largest absolute Gasteiger partial charge is 1.00 e. The van der Waals surface area contributed by atoms with Gasteiger partial charge in [0.25, 0.3) is 0 Å². The van der Waals surface area contributed by atoms with Gasteiger partial charge in [-0.05, 0) is 0 Å². The standard InChI is InChI=1S/C11H14BrNOSe.BrH/c12-15-11-4-2-1-3-10(11)9-13-5-7-14-8-6-13;/h1-4H,5-9H2;1H. The van der Waals surface area contributed by atoms with Crippen molar-refractivity contribution in [3.8, 4) is 0 Å². The minimum Gasteiger partial charge on any atom is -1.00 e. The van der Waals surface area contributed by atoms with Gasteiger partial charge in [-0.1, -0.05) is 0 Å². The first-order valence-electron chi connectivity index (χ1n) is 5.18. The van der Waals surface area contributed by atoms with Crippen LogP contribution in [0.3, 0.4) is 0 Å². The molecule has 0 spiro atoms. The van der Waals surface area contributed by atoms with Crippen LogP contribution in [-0.4, -0.2) is 39.5 Å². The van der Waals surface area contributed by atoms with E-state index in [1.165, 1.54) is 10.0 Å². The minimum absolute atomic E-state index is 0. The first-order chi connectivity index (χ1) is 7.40. The number of hydrogen-bond acceptors (Lipinski definition) is 1. The van der Waals surface area contributed by atoms with E-state index in [1.54, 1.807) is 4.90 Å². The number of quaternary nitrogens is 1. The first kappa shape index (κ1) is 14.7. The monoisotopic (exact) mass is 415 g/mol. The molecule has 0 atom stereocenters. The van der Waals surface area contributed by atoms with Crippen molar-refractivity contribution in [3.63, 3.8) is 0 Å². The zero-order valence-corrected chi connectivity index (χ0v) is 13.8. The van der Waals surface area contributed by atoms with Crippen LogP contribution in [0.4, 0.5) is 0 Å². The van der Waals surface area contributed by atoms with Gasteiger partial charge in [0.2, 0.25) is 0 Å². The molecule has 1 saturated heterocycles. The van der Waals surface area contributed by atoms with E-state index in [0.29, 0.717) is 13.1 Å². The zero-order valence-electron chi connectivity index (χ0n) is 8.92. The van der Waals surface area contributed by atoms with E-state index in [4.69, 9.17) is 4.74 Å². The summed E-state index contributed by atoms with van der Waals surface area (Å²) in [5, 5.41) is 0. The van der Waals surface area contributed by atoms with Crippen molar-refractivity contribution in [1.29, 1.82) is 0 Å². The third-order valence-electron chi connectivity index (χ3n) is 2.70. The van der Waals surface area contributed by atoms with E-state index >= 15 is 0 Å². The summed E-state index contributed by atoms with van der Waals surface area (Å²) in [6.45, 7) is 5.26. The Balaban J connectivity index is 0.00000128. The van der Waals surface area contributed by atoms with Crippen molar-refractivity contribution >= 4 is 31.7 Å². The molecule has 0 radical (unpaired) electrons. The molecule has 1 heterocycles. The van der Waals surface area contributed by atoms with Gasteiger partial charge in [0.15, 0.2) is 0 Å². The number of halogens is 2. The fourth-order valence-corrected chi connectivity index (χ4v) is 4.25. The number of rotatable bonds is 3. The SMILES string of the molecule is Br[Se]c1ccccc1C[NH+]1CCOCC1.[Br-]. The second-order valence-electron chi connectivity index (χ2n) is 3.72. The van der Waals surface area contributed by atoms with E-state index in [1.807, 2.05) is 0 Å². The van der Waals surface area contributed by atoms with Crippen LogP contribution < -0.4 is 26.3 Å². The van der Waals surface area contributed by atoms with Crippen LogP contribution in [0.15, 0.2) is 24.3 Å². The maximum absolute atomic E-state index is 5.37. The van der Waals surface area contributed by atoms with Gasteiger partial charge >= 0.3 is 104 Å². The topological polar surface area (TPSA) is 13.7 Å². The van der Waals surface area contributed by atoms with E-state index in [2.05, 4.69) is 38.4 Å². The van der Waals surface area contributed by atoms with Gasteiger partial charge in [-0.3, -0.25) is 0 Å². The fourth-order valence-electron chi connectivity index (χ4n) is 1.83. The van der Waals surface area contributed by atoms with Crippen molar-refractivity contribution < 1.29 is 26.6 Å². The number of benzene rings is 1. The third-order valence-corrected chi connectivity index (χ3v) is 5.69. The van der Waals surface area contributed by atoms with E-state index < -0.39 is 0 Å². The summed E-state index contributed by atoms with van der Waals surface area (Å²) >= 11 is 4.03. The van der Waals surface area contributed by atoms with Crippen molar-refractivity contribution in [2.24, 2.45) is 0 Å². The number of nitrogens with one attached hydrogen (secondary N) is 1. The summed E-state index contributed by atoms with van der Waals surface area (Å²) in [6, 6.07) is 8.73. The molecule has 5 heteroatoms. The Kier molecular flexibility index (Phi) is 7.20. The zero-order chi connectivity index (χ0) is 10.5. The van der Waals surface area contributed by atoms with Gasteiger partial charge in [0.05, 0.1) is 0 Å². The molecule has 0 aromatic heterocycles. The summed E-state index contributed by atoms with van der Waals surface area (Å²) in [5.41, 5.74) is 1.49. The summed E-state index contributed by atoms with van der Waals surface area (Å²) in [7, 11) is 0. The van der Waals surface area contributed by atoms with Gasteiger partial charge in [-0.2, -0.15) is 0 Å². The summed E-state index contributed by atoms with van der Waals surface area (Å²) < 4.78 is 6.84. The van der Waals surface area contributed by atoms with Crippen LogP contribution in [0, 0.1) is 0 Å². The third kappa shape index (κ3) is 4.13. The second kappa shape index (κ2) is 7.85. The molecule has 2 rings (SSSR count). The number of hydrogen-bond donors (Lipinski definition) is 1. The Labute approximate surface area is 120 Å². The molecule has 0 saturated carbocycles. The first-order valence-corrected chi connectivity index (χ1v) is 10.0. The summed E-state index contributed by atoms with van der Waals surface area (Å²) in [5.74, 6) is 0. The molecule has 1 N–H and O–H groups in total. The van der Waals surface area contributed by atoms with Gasteiger partial charge < -0.3 is 17.0 Å². The Morgan fingerprint density at radius 2 is 1.94 bits per heavy atom. The van der Waals surface area contributed by atoms with E-state index in [0.717, 1.165) is 32.8 Å². The average molecular weight is 416 g/mol. The molecule has 16 heavy (non-hydrogen) atoms. The van der Waals surface area contributed by atoms with Gasteiger partial charge in [-0.25, -0.2) is 0 Å². The fraction of sp³-hybridized carbons (Fsp3) is 0.455. The Morgan fingerprint density at radius 3 is 2.62 bits per heavy atom. The summed E-state index contributed by atoms with van der Waals surface area (Å²) in [4.78, 5) is 1.64. The van der Waals surface area contributed by atoms with Crippen molar-refractivity contribution in [1.82, 2.24) is 0 Å². The van der Waals surface area contributed by atoms with Crippen LogP contribution in [-0.2, 0) is 11.3 Å². The van der Waals surface area contributed by atoms with Gasteiger partial charge in [0, 0.05) is 0 Å². The van der Waals surface area contributed by atoms with Crippen LogP contribution in [0.1, 0.15) is 5.56 Å². The molecular formula is C11H15Br2NOSe. The van der Waals surface area contributed by atoms with Crippen LogP contribution >= 0.6 is 14.1 Å². The quantitative estimate of drug-likeness (QED) is 0.512. The molecule has 0 amide bonds. The number of morpholine rings is 1. The number of ether oxygens (including phenoxy) is 1. The van der Waals surface area contributed by atoms with Gasteiger partial charge in [-0.15, -0.1) is 0 Å². The van der Waals surface area contributed by atoms with Crippen LogP contribution in [0.5, 0.6) is 0 Å². The molecule has 1 aromatic rings. The minimum atomic E-state index is 0. The molecule has 1 aromatic carbocycles. The summed E-state index contributed by atoms with van der Waals surface area (Å²) in [6.07, 6.45) is 0. The predicted octanol–water partition coefficient (Wildman–Crippen LogP) is -3.25. The average Bonchev–Trinajstić information content (AvgIpc) is 2.31. The maximum Gasteiger partial charge on any atom is -1.00 e. The Bertz CT molecular complexity index is 319. The van der Waals surface area contributed by atoms with Crippen molar-refractivity contribution in [3.05, 3.63) is 29.8 Å². The Hall–Kier alpha value is 0.619. The van der Waals surface area contributed by atoms with E-state index in [-0.39, 0.29) is 17.0 Å². The molecule has 1 aliphatic rings. The van der Waals surface area contributed by atoms with E-state index in [9.17, 15) is 0 Å². The second-order valence-corrected chi connectivity index (χ2v) is 6.65. The maximum atomic E-state index is 5.37. The van der Waals surface area contributed by atoms with Crippen LogP contribution in [0.2, 0.25) is 0 Å². The van der Waals surface area contributed by atoms with Gasteiger partial charge in [0.1, 0.15) is 0 Å². The normalized spacial score (nSPS) is 16.8. The van der Waals surface area contributed by atoms with Crippen LogP contribution in [0.25, 0.3) is 0 Å². The smallest absolute Gasteiger partial charge is 1.00 e. The molecular weight excluding hydrogens is 401 g/mol. The van der Waals surface area contributed by atoms with Crippen molar-refractivity contribution in [2.75, 3.05) is 26.3 Å². The molecule has 0 aliphatic carbocycles. The molecule has 0 unspecified atom stereocenters. The predicted molar refractivity (Wildman–Crippen MR) is 66.0 cm³/mol. The molecule has 90 valence electrons. The van der Waals surface area contributed by atoms with Crippen molar-refractivity contribution in [2.45, 2.75) is 6.54 Å². The Morgan fingerprint density at radius 1 is 1.25 bits per heavy atom. The molecule has 1 fully saturated rings.